The Morgan fingerprint density at radius 1 is 0.955 bits per heavy atom. The molecule has 1 heterocycles. The fourth-order valence-electron chi connectivity index (χ4n) is 2.50. The Balaban J connectivity index is 0.00000121. The Morgan fingerprint density at radius 3 is 2.36 bits per heavy atom. The summed E-state index contributed by atoms with van der Waals surface area (Å²) in [6.07, 6.45) is 10.6. The van der Waals surface area contributed by atoms with Crippen LogP contribution in [0.2, 0.25) is 4.28 Å². The fourth-order valence-corrected chi connectivity index (χ4v) is 3.07. The van der Waals surface area contributed by atoms with Crippen LogP contribution in [0.1, 0.15) is 11.3 Å². The van der Waals surface area contributed by atoms with Gasteiger partial charge in [0, 0.05) is 0 Å². The minimum absolute atomic E-state index is 0. The summed E-state index contributed by atoms with van der Waals surface area (Å²) in [5.41, 5.74) is 3.84. The predicted molar refractivity (Wildman–Crippen MR) is 78.0 cm³/mol. The van der Waals surface area contributed by atoms with Crippen molar-refractivity contribution >= 4 is 0 Å². The molecule has 0 radical (unpaired) electrons. The maximum atomic E-state index is 4.41. The van der Waals surface area contributed by atoms with Crippen LogP contribution in [0, 0.1) is 0 Å². The van der Waals surface area contributed by atoms with Crippen molar-refractivity contribution in [2.75, 3.05) is 0 Å². The molecule has 0 fully saturated rings. The van der Waals surface area contributed by atoms with Crippen LogP contribution in [-0.2, 0) is 29.1 Å². The van der Waals surface area contributed by atoms with Gasteiger partial charge < -0.3 is 24.8 Å². The molecule has 22 heavy (non-hydrogen) atoms. The van der Waals surface area contributed by atoms with E-state index in [-0.39, 0.29) is 29.1 Å². The molecule has 0 N–H and O–H groups in total. The van der Waals surface area contributed by atoms with E-state index >= 15 is 0 Å². The van der Waals surface area contributed by atoms with E-state index in [9.17, 15) is 0 Å². The van der Waals surface area contributed by atoms with Gasteiger partial charge in [0.05, 0.1) is 0 Å². The molecule has 0 amide bonds. The van der Waals surface area contributed by atoms with Crippen molar-refractivity contribution in [1.82, 2.24) is 4.98 Å². The van der Waals surface area contributed by atoms with Gasteiger partial charge in [0.2, 0.25) is 0 Å². The SMILES string of the molecule is [Cl-].[Cl-].[Cr+2][C]1(Cc2ccccn2)C=CC(Cc2ccccc2)=C1. The molecule has 0 saturated heterocycles. The van der Waals surface area contributed by atoms with Crippen LogP contribution in [-0.4, -0.2) is 4.98 Å². The molecule has 1 atom stereocenters. The second-order valence-corrected chi connectivity index (χ2v) is 6.35. The van der Waals surface area contributed by atoms with Gasteiger partial charge in [-0.05, 0) is 0 Å². The number of halogens is 2. The number of hydrogen-bond donors (Lipinski definition) is 0. The summed E-state index contributed by atoms with van der Waals surface area (Å²) in [7, 11) is 0. The van der Waals surface area contributed by atoms with Gasteiger partial charge in [0.25, 0.3) is 0 Å². The number of allylic oxidation sites excluding steroid dienone is 4. The van der Waals surface area contributed by atoms with Gasteiger partial charge in [0.15, 0.2) is 0 Å². The molecular weight excluding hydrogens is 353 g/mol. The molecule has 0 bridgehead atoms. The first-order chi connectivity index (χ1) is 9.73. The minimum atomic E-state index is -0.0293. The second kappa shape index (κ2) is 8.56. The molecule has 1 aromatic carbocycles. The zero-order valence-corrected chi connectivity index (χ0v) is 14.7. The molecule has 2 aromatic rings. The summed E-state index contributed by atoms with van der Waals surface area (Å²) in [5.74, 6) is 0. The average molecular weight is 369 g/mol. The number of rotatable bonds is 4. The van der Waals surface area contributed by atoms with Crippen LogP contribution in [0.4, 0.5) is 0 Å². The summed E-state index contributed by atoms with van der Waals surface area (Å²) in [5, 5.41) is 0. The van der Waals surface area contributed by atoms with Gasteiger partial charge in [-0.3, -0.25) is 0 Å². The van der Waals surface area contributed by atoms with E-state index in [1.54, 1.807) is 0 Å². The normalized spacial score (nSPS) is 19.0. The molecule has 4 heteroatoms. The predicted octanol–water partition coefficient (Wildman–Crippen LogP) is -1.92. The first kappa shape index (κ1) is 19.0. The quantitative estimate of drug-likeness (QED) is 0.613. The van der Waals surface area contributed by atoms with Crippen LogP contribution >= 0.6 is 0 Å². The second-order valence-electron chi connectivity index (χ2n) is 5.17. The fraction of sp³-hybridized carbons (Fsp3) is 0.167. The molecule has 113 valence electrons. The summed E-state index contributed by atoms with van der Waals surface area (Å²) in [6.45, 7) is 0. The average Bonchev–Trinajstić information content (AvgIpc) is 2.82. The van der Waals surface area contributed by atoms with Crippen molar-refractivity contribution < 1.29 is 41.1 Å². The van der Waals surface area contributed by atoms with E-state index < -0.39 is 0 Å². The molecule has 0 spiro atoms. The molecule has 1 unspecified atom stereocenters. The molecule has 0 saturated carbocycles. The number of aromatic nitrogens is 1. The zero-order chi connectivity index (χ0) is 13.8. The van der Waals surface area contributed by atoms with Crippen molar-refractivity contribution in [3.8, 4) is 0 Å². The zero-order valence-electron chi connectivity index (χ0n) is 12.0. The van der Waals surface area contributed by atoms with Crippen LogP contribution < -0.4 is 24.8 Å². The van der Waals surface area contributed by atoms with Crippen LogP contribution in [0.25, 0.3) is 0 Å². The third kappa shape index (κ3) is 5.01. The first-order valence-corrected chi connectivity index (χ1v) is 7.43. The number of benzene rings is 1. The van der Waals surface area contributed by atoms with E-state index in [4.69, 9.17) is 0 Å². The molecule has 3 rings (SSSR count). The molecule has 1 nitrogen and oxygen atoms in total. The van der Waals surface area contributed by atoms with E-state index in [2.05, 4.69) is 75.9 Å². The van der Waals surface area contributed by atoms with Gasteiger partial charge in [-0.15, -0.1) is 0 Å². The van der Waals surface area contributed by atoms with Gasteiger partial charge in [-0.2, -0.15) is 0 Å². The third-order valence-electron chi connectivity index (χ3n) is 3.44. The van der Waals surface area contributed by atoms with Crippen molar-refractivity contribution in [2.45, 2.75) is 17.1 Å². The Morgan fingerprint density at radius 2 is 1.68 bits per heavy atom. The van der Waals surface area contributed by atoms with Crippen LogP contribution in [0.5, 0.6) is 0 Å². The van der Waals surface area contributed by atoms with E-state index in [0.29, 0.717) is 0 Å². The van der Waals surface area contributed by atoms with Crippen molar-refractivity contribution in [3.05, 3.63) is 89.8 Å². The van der Waals surface area contributed by atoms with E-state index in [0.717, 1.165) is 18.5 Å². The van der Waals surface area contributed by atoms with Gasteiger partial charge in [-0.25, -0.2) is 0 Å². The topological polar surface area (TPSA) is 12.9 Å². The summed E-state index contributed by atoms with van der Waals surface area (Å²) in [4.78, 5) is 4.41. The molecular formula is C18H16Cl2CrN. The molecule has 0 aliphatic heterocycles. The van der Waals surface area contributed by atoms with Crippen LogP contribution in [0.15, 0.2) is 78.5 Å². The van der Waals surface area contributed by atoms with Crippen LogP contribution in [0.3, 0.4) is 0 Å². The summed E-state index contributed by atoms with van der Waals surface area (Å²) in [6, 6.07) is 16.7. The van der Waals surface area contributed by atoms with E-state index in [1.807, 2.05) is 18.3 Å². The van der Waals surface area contributed by atoms with Crippen molar-refractivity contribution in [3.63, 3.8) is 0 Å². The van der Waals surface area contributed by atoms with E-state index in [1.165, 1.54) is 11.1 Å². The number of hydrogen-bond acceptors (Lipinski definition) is 1. The Labute approximate surface area is 152 Å². The molecule has 1 aliphatic rings. The summed E-state index contributed by atoms with van der Waals surface area (Å²) >= 11 is 3.31. The molecule has 1 aliphatic carbocycles. The van der Waals surface area contributed by atoms with Crippen molar-refractivity contribution in [1.29, 1.82) is 0 Å². The van der Waals surface area contributed by atoms with Crippen molar-refractivity contribution in [2.24, 2.45) is 0 Å². The Kier molecular flexibility index (Phi) is 7.39. The summed E-state index contributed by atoms with van der Waals surface area (Å²) < 4.78 is -0.0293. The van der Waals surface area contributed by atoms with Gasteiger partial charge in [-0.1, -0.05) is 0 Å². The maximum absolute atomic E-state index is 4.41. The number of pyridine rings is 1. The monoisotopic (exact) mass is 368 g/mol. The Hall–Kier alpha value is -1.04. The van der Waals surface area contributed by atoms with Gasteiger partial charge >= 0.3 is 128 Å². The van der Waals surface area contributed by atoms with Gasteiger partial charge in [0.1, 0.15) is 0 Å². The molecule has 1 aromatic heterocycles. The third-order valence-corrected chi connectivity index (χ3v) is 4.07. The standard InChI is InChI=1S/C18H16N.2ClH.Cr/c1-2-6-15(7-3-1)12-16-9-10-17(13-16)14-18-8-4-5-11-19-18;;;/h1-11,13H,12,14H2;2*1H;/q;;;+2/p-2. The first-order valence-electron chi connectivity index (χ1n) is 6.79. The Bertz CT molecular complexity index is 641. The number of nitrogens with zero attached hydrogens (tertiary/aromatic N) is 1.